The molecule has 1 saturated carbocycles. The number of phosphoric ester groups is 1. The molecule has 0 amide bonds. The third-order valence-electron chi connectivity index (χ3n) is 3.32. The predicted octanol–water partition coefficient (Wildman–Crippen LogP) is 2.14. The Hall–Kier alpha value is 0.0700. The standard InChI is InChI=1S/C11H24NO4P/c1-10(2)12(8-9-16-17(13,14)15)11-6-4-3-5-7-11/h10-11H,3-9H2,1-2H3,(H2,13,14,15). The van der Waals surface area contributed by atoms with E-state index >= 15 is 0 Å². The van der Waals surface area contributed by atoms with Gasteiger partial charge in [0.15, 0.2) is 0 Å². The Bertz CT molecular complexity index is 260. The molecule has 0 radical (unpaired) electrons. The van der Waals surface area contributed by atoms with Gasteiger partial charge in [-0.3, -0.25) is 9.42 Å². The fourth-order valence-electron chi connectivity index (χ4n) is 2.54. The summed E-state index contributed by atoms with van der Waals surface area (Å²) in [6, 6.07) is 0.933. The van der Waals surface area contributed by atoms with Crippen LogP contribution in [0.1, 0.15) is 46.0 Å². The molecular weight excluding hydrogens is 241 g/mol. The fourth-order valence-corrected chi connectivity index (χ4v) is 2.86. The van der Waals surface area contributed by atoms with Gasteiger partial charge in [0.1, 0.15) is 0 Å². The molecule has 0 aromatic carbocycles. The van der Waals surface area contributed by atoms with Gasteiger partial charge in [0.2, 0.25) is 0 Å². The molecule has 0 aliphatic heterocycles. The lowest BCUT2D eigenvalue weighted by molar-refractivity contribution is 0.0896. The zero-order valence-electron chi connectivity index (χ0n) is 10.7. The first-order valence-electron chi connectivity index (χ1n) is 6.36. The third-order valence-corrected chi connectivity index (χ3v) is 3.83. The van der Waals surface area contributed by atoms with E-state index in [1.54, 1.807) is 0 Å². The molecule has 0 aromatic heterocycles. The van der Waals surface area contributed by atoms with E-state index in [1.165, 1.54) is 32.1 Å². The Morgan fingerprint density at radius 2 is 1.88 bits per heavy atom. The molecule has 0 saturated heterocycles. The van der Waals surface area contributed by atoms with Gasteiger partial charge in [-0.25, -0.2) is 4.57 Å². The van der Waals surface area contributed by atoms with Crippen LogP contribution in [-0.4, -0.2) is 39.9 Å². The Labute approximate surface area is 103 Å². The summed E-state index contributed by atoms with van der Waals surface area (Å²) in [7, 11) is -4.32. The van der Waals surface area contributed by atoms with Gasteiger partial charge in [0, 0.05) is 18.6 Å². The molecule has 1 aliphatic carbocycles. The molecule has 0 spiro atoms. The fraction of sp³-hybridized carbons (Fsp3) is 1.00. The Morgan fingerprint density at radius 3 is 2.35 bits per heavy atom. The second kappa shape index (κ2) is 6.86. The lowest BCUT2D eigenvalue weighted by Crippen LogP contribution is -2.43. The summed E-state index contributed by atoms with van der Waals surface area (Å²) < 4.78 is 15.1. The summed E-state index contributed by atoms with van der Waals surface area (Å²) in [5.41, 5.74) is 0. The van der Waals surface area contributed by atoms with E-state index in [9.17, 15) is 4.57 Å². The first kappa shape index (κ1) is 15.1. The maximum absolute atomic E-state index is 10.6. The highest BCUT2D eigenvalue weighted by Gasteiger charge is 2.24. The highest BCUT2D eigenvalue weighted by molar-refractivity contribution is 7.46. The minimum Gasteiger partial charge on any atom is -0.303 e. The average molecular weight is 265 g/mol. The maximum atomic E-state index is 10.6. The van der Waals surface area contributed by atoms with Crippen LogP contribution in [0.3, 0.4) is 0 Å². The van der Waals surface area contributed by atoms with Crippen molar-refractivity contribution in [3.8, 4) is 0 Å². The second-order valence-corrected chi connectivity index (χ2v) is 6.19. The molecule has 1 rings (SSSR count). The Kier molecular flexibility index (Phi) is 6.10. The molecule has 0 bridgehead atoms. The first-order valence-corrected chi connectivity index (χ1v) is 7.89. The Balaban J connectivity index is 2.40. The summed E-state index contributed by atoms with van der Waals surface area (Å²) in [5, 5.41) is 0. The van der Waals surface area contributed by atoms with Crippen molar-refractivity contribution in [2.24, 2.45) is 0 Å². The molecule has 5 nitrogen and oxygen atoms in total. The topological polar surface area (TPSA) is 70.0 Å². The summed E-state index contributed by atoms with van der Waals surface area (Å²) in [6.45, 7) is 4.92. The second-order valence-electron chi connectivity index (χ2n) is 4.95. The lowest BCUT2D eigenvalue weighted by Gasteiger charge is -2.37. The molecule has 17 heavy (non-hydrogen) atoms. The SMILES string of the molecule is CC(C)N(CCOP(=O)(O)O)C1CCCCC1. The van der Waals surface area contributed by atoms with Gasteiger partial charge in [-0.15, -0.1) is 0 Å². The van der Waals surface area contributed by atoms with E-state index in [4.69, 9.17) is 9.79 Å². The number of hydrogen-bond acceptors (Lipinski definition) is 3. The van der Waals surface area contributed by atoms with Crippen molar-refractivity contribution >= 4 is 7.82 Å². The maximum Gasteiger partial charge on any atom is 0.469 e. The van der Waals surface area contributed by atoms with Crippen LogP contribution in [0.15, 0.2) is 0 Å². The van der Waals surface area contributed by atoms with Crippen molar-refractivity contribution in [1.82, 2.24) is 4.90 Å². The summed E-state index contributed by atoms with van der Waals surface area (Å²) in [4.78, 5) is 19.6. The van der Waals surface area contributed by atoms with E-state index in [0.29, 0.717) is 18.6 Å². The molecule has 1 aliphatic rings. The summed E-state index contributed by atoms with van der Waals surface area (Å²) >= 11 is 0. The molecule has 1 fully saturated rings. The summed E-state index contributed by atoms with van der Waals surface area (Å²) in [6.07, 6.45) is 6.20. The minimum atomic E-state index is -4.32. The molecule has 102 valence electrons. The number of nitrogens with zero attached hydrogens (tertiary/aromatic N) is 1. The number of rotatable bonds is 6. The molecule has 6 heteroatoms. The van der Waals surface area contributed by atoms with Crippen LogP contribution in [0.5, 0.6) is 0 Å². The normalized spacial score (nSPS) is 19.2. The van der Waals surface area contributed by atoms with Gasteiger partial charge in [-0.05, 0) is 26.7 Å². The number of phosphoric acid groups is 1. The van der Waals surface area contributed by atoms with E-state index in [1.807, 2.05) is 0 Å². The largest absolute Gasteiger partial charge is 0.469 e. The van der Waals surface area contributed by atoms with Crippen molar-refractivity contribution in [3.63, 3.8) is 0 Å². The zero-order chi connectivity index (χ0) is 12.9. The molecular formula is C11H24NO4P. The van der Waals surface area contributed by atoms with Crippen molar-refractivity contribution in [2.75, 3.05) is 13.2 Å². The average Bonchev–Trinajstić information content (AvgIpc) is 2.23. The number of hydrogen-bond donors (Lipinski definition) is 2. The van der Waals surface area contributed by atoms with Crippen molar-refractivity contribution in [3.05, 3.63) is 0 Å². The zero-order valence-corrected chi connectivity index (χ0v) is 11.6. The molecule has 0 unspecified atom stereocenters. The highest BCUT2D eigenvalue weighted by Crippen LogP contribution is 2.35. The van der Waals surface area contributed by atoms with E-state index < -0.39 is 7.82 Å². The van der Waals surface area contributed by atoms with Gasteiger partial charge in [-0.2, -0.15) is 0 Å². The summed E-state index contributed by atoms with van der Waals surface area (Å²) in [5.74, 6) is 0. The van der Waals surface area contributed by atoms with Crippen molar-refractivity contribution < 1.29 is 18.9 Å². The molecule has 0 atom stereocenters. The predicted molar refractivity (Wildman–Crippen MR) is 66.7 cm³/mol. The van der Waals surface area contributed by atoms with Crippen LogP contribution in [0.4, 0.5) is 0 Å². The van der Waals surface area contributed by atoms with Crippen LogP contribution in [0.25, 0.3) is 0 Å². The molecule has 2 N–H and O–H groups in total. The third kappa shape index (κ3) is 5.98. The van der Waals surface area contributed by atoms with Crippen molar-refractivity contribution in [1.29, 1.82) is 0 Å². The van der Waals surface area contributed by atoms with E-state index in [2.05, 4.69) is 23.3 Å². The van der Waals surface area contributed by atoms with Gasteiger partial charge in [-0.1, -0.05) is 19.3 Å². The van der Waals surface area contributed by atoms with Crippen LogP contribution in [0.2, 0.25) is 0 Å². The first-order chi connectivity index (χ1) is 7.90. The van der Waals surface area contributed by atoms with Crippen LogP contribution >= 0.6 is 7.82 Å². The van der Waals surface area contributed by atoms with Gasteiger partial charge in [0.05, 0.1) is 6.61 Å². The quantitative estimate of drug-likeness (QED) is 0.720. The van der Waals surface area contributed by atoms with Gasteiger partial charge in [0.25, 0.3) is 0 Å². The van der Waals surface area contributed by atoms with Gasteiger partial charge >= 0.3 is 7.82 Å². The smallest absolute Gasteiger partial charge is 0.303 e. The van der Waals surface area contributed by atoms with Crippen LogP contribution in [-0.2, 0) is 9.09 Å². The van der Waals surface area contributed by atoms with E-state index in [-0.39, 0.29) is 6.61 Å². The van der Waals surface area contributed by atoms with Gasteiger partial charge < -0.3 is 9.79 Å². The van der Waals surface area contributed by atoms with Crippen LogP contribution in [0, 0.1) is 0 Å². The van der Waals surface area contributed by atoms with Crippen molar-refractivity contribution in [2.45, 2.75) is 58.0 Å². The Morgan fingerprint density at radius 1 is 1.29 bits per heavy atom. The lowest BCUT2D eigenvalue weighted by atomic mass is 9.93. The van der Waals surface area contributed by atoms with Crippen LogP contribution < -0.4 is 0 Å². The minimum absolute atomic E-state index is 0.0962. The molecule has 0 heterocycles. The highest BCUT2D eigenvalue weighted by atomic mass is 31.2. The van der Waals surface area contributed by atoms with E-state index in [0.717, 1.165) is 0 Å². The monoisotopic (exact) mass is 265 g/mol. The molecule has 0 aromatic rings.